The van der Waals surface area contributed by atoms with Crippen LogP contribution in [0.25, 0.3) is 0 Å². The van der Waals surface area contributed by atoms with Crippen molar-refractivity contribution in [3.63, 3.8) is 0 Å². The van der Waals surface area contributed by atoms with Gasteiger partial charge >= 0.3 is 11.1 Å². The van der Waals surface area contributed by atoms with Gasteiger partial charge in [-0.05, 0) is 36.3 Å². The van der Waals surface area contributed by atoms with Gasteiger partial charge in [0.15, 0.2) is 0 Å². The van der Waals surface area contributed by atoms with Crippen LogP contribution in [0.1, 0.15) is 23.0 Å². The number of nitrogens with zero attached hydrogens (tertiary/aromatic N) is 4. The number of hydrogen-bond donors (Lipinski definition) is 0. The van der Waals surface area contributed by atoms with Crippen LogP contribution in [-0.4, -0.2) is 61.7 Å². The average Bonchev–Trinajstić information content (AvgIpc) is 3.28. The Hall–Kier alpha value is -1.44. The van der Waals surface area contributed by atoms with E-state index in [1.54, 1.807) is 36.4 Å². The molecule has 0 aliphatic carbocycles. The van der Waals surface area contributed by atoms with E-state index in [0.717, 1.165) is 11.3 Å². The Morgan fingerprint density at radius 2 is 2.27 bits per heavy atom. The Labute approximate surface area is 158 Å². The highest BCUT2D eigenvalue weighted by molar-refractivity contribution is 7.93. The molecule has 1 aliphatic rings. The van der Waals surface area contributed by atoms with Gasteiger partial charge in [0.1, 0.15) is 11.5 Å². The lowest BCUT2D eigenvalue weighted by Crippen LogP contribution is -2.50. The number of hydrogen-bond acceptors (Lipinski definition) is 10. The van der Waals surface area contributed by atoms with E-state index in [2.05, 4.69) is 10.2 Å². The molecular formula is C14H18N4O5S3. The van der Waals surface area contributed by atoms with Crippen LogP contribution < -0.4 is 4.65 Å². The summed E-state index contributed by atoms with van der Waals surface area (Å²) in [4.78, 5) is 14.3. The van der Waals surface area contributed by atoms with Crippen LogP contribution >= 0.6 is 22.7 Å². The highest BCUT2D eigenvalue weighted by atomic mass is 32.2. The Morgan fingerprint density at radius 3 is 2.92 bits per heavy atom. The average molecular weight is 419 g/mol. The number of carbonyl (C=O) groups excluding carboxylic acids is 1. The predicted molar refractivity (Wildman–Crippen MR) is 98.4 cm³/mol. The van der Waals surface area contributed by atoms with Crippen molar-refractivity contribution in [2.24, 2.45) is 0 Å². The number of hydroxylamine groups is 2. The van der Waals surface area contributed by atoms with Crippen LogP contribution in [0.3, 0.4) is 0 Å². The van der Waals surface area contributed by atoms with Gasteiger partial charge in [-0.3, -0.25) is 4.65 Å². The first-order valence-electron chi connectivity index (χ1n) is 7.85. The van der Waals surface area contributed by atoms with E-state index in [0.29, 0.717) is 11.3 Å². The molecule has 0 radical (unpaired) electrons. The number of carbonyl (C=O) groups is 1. The normalized spacial score (nSPS) is 24.0. The lowest BCUT2D eigenvalue weighted by Gasteiger charge is -2.38. The SMILES string of the molecule is CCCS(=O)(=O)c1nnc([N+]2([O-])CN(C)CC2OC(=O)c2cccs2)s1. The molecule has 0 saturated carbocycles. The number of ether oxygens (including phenoxy) is 1. The monoisotopic (exact) mass is 418 g/mol. The highest BCUT2D eigenvalue weighted by Gasteiger charge is 2.46. The van der Waals surface area contributed by atoms with Gasteiger partial charge in [0, 0.05) is 0 Å². The van der Waals surface area contributed by atoms with Gasteiger partial charge in [-0.15, -0.1) is 16.4 Å². The first-order chi connectivity index (χ1) is 12.3. The summed E-state index contributed by atoms with van der Waals surface area (Å²) in [5.41, 5.74) is 0. The van der Waals surface area contributed by atoms with Crippen LogP contribution in [0.15, 0.2) is 21.9 Å². The number of thiophene rings is 1. The lowest BCUT2D eigenvalue weighted by atomic mass is 10.4. The quantitative estimate of drug-likeness (QED) is 0.396. The Kier molecular flexibility index (Phi) is 5.42. The zero-order chi connectivity index (χ0) is 18.9. The molecule has 2 atom stereocenters. The molecule has 3 heterocycles. The van der Waals surface area contributed by atoms with E-state index in [1.807, 2.05) is 0 Å². The third-order valence-electron chi connectivity index (χ3n) is 3.81. The van der Waals surface area contributed by atoms with Crippen LogP contribution in [0, 0.1) is 5.21 Å². The number of sulfone groups is 1. The fourth-order valence-electron chi connectivity index (χ4n) is 2.63. The summed E-state index contributed by atoms with van der Waals surface area (Å²) >= 11 is 1.96. The summed E-state index contributed by atoms with van der Waals surface area (Å²) in [6, 6.07) is 3.34. The molecule has 2 unspecified atom stereocenters. The van der Waals surface area contributed by atoms with Gasteiger partial charge in [-0.1, -0.05) is 18.1 Å². The molecule has 9 nitrogen and oxygen atoms in total. The molecule has 142 valence electrons. The molecular weight excluding hydrogens is 400 g/mol. The summed E-state index contributed by atoms with van der Waals surface area (Å²) in [6.07, 6.45) is -0.595. The molecule has 26 heavy (non-hydrogen) atoms. The molecule has 1 fully saturated rings. The maximum atomic E-state index is 13.4. The molecule has 2 aromatic rings. The molecule has 0 N–H and O–H groups in total. The van der Waals surface area contributed by atoms with Gasteiger partial charge in [0.05, 0.1) is 12.3 Å². The van der Waals surface area contributed by atoms with E-state index >= 15 is 0 Å². The maximum absolute atomic E-state index is 13.4. The Bertz CT molecular complexity index is 882. The van der Waals surface area contributed by atoms with E-state index in [-0.39, 0.29) is 28.4 Å². The molecule has 0 aromatic carbocycles. The standard InChI is InChI=1S/C14H18N4O5S3/c1-3-7-26(21,22)14-16-15-13(25-14)18(20)9-17(2)8-11(18)23-12(19)10-5-4-6-24-10/h4-6,11H,3,7-9H2,1-2H3. The fraction of sp³-hybridized carbons (Fsp3) is 0.500. The molecule has 1 aliphatic heterocycles. The number of esters is 1. The predicted octanol–water partition coefficient (Wildman–Crippen LogP) is 1.67. The van der Waals surface area contributed by atoms with Crippen LogP contribution in [0.5, 0.6) is 0 Å². The first-order valence-corrected chi connectivity index (χ1v) is 11.2. The van der Waals surface area contributed by atoms with Crippen molar-refractivity contribution in [1.82, 2.24) is 19.7 Å². The lowest BCUT2D eigenvalue weighted by molar-refractivity contribution is 0.00613. The van der Waals surface area contributed by atoms with Gasteiger partial charge in [0.2, 0.25) is 14.2 Å². The largest absolute Gasteiger partial charge is 0.622 e. The van der Waals surface area contributed by atoms with Crippen molar-refractivity contribution < 1.29 is 17.9 Å². The summed E-state index contributed by atoms with van der Waals surface area (Å²) in [5.74, 6) is -0.640. The third kappa shape index (κ3) is 3.66. The molecule has 1 saturated heterocycles. The van der Waals surface area contributed by atoms with Crippen molar-refractivity contribution in [2.45, 2.75) is 23.9 Å². The van der Waals surface area contributed by atoms with Crippen molar-refractivity contribution in [3.8, 4) is 0 Å². The van der Waals surface area contributed by atoms with Crippen LogP contribution in [-0.2, 0) is 14.6 Å². The van der Waals surface area contributed by atoms with E-state index in [9.17, 15) is 18.4 Å². The zero-order valence-corrected chi connectivity index (χ0v) is 16.6. The Morgan fingerprint density at radius 1 is 1.50 bits per heavy atom. The number of rotatable bonds is 6. The topological polar surface area (TPSA) is 113 Å². The second-order valence-electron chi connectivity index (χ2n) is 5.98. The number of likely N-dealkylation sites (N-methyl/N-ethyl adjacent to an activating group) is 1. The number of quaternary nitrogens is 1. The maximum Gasteiger partial charge on any atom is 0.352 e. The second-order valence-corrected chi connectivity index (χ2v) is 10.2. The second kappa shape index (κ2) is 7.29. The van der Waals surface area contributed by atoms with E-state index in [4.69, 9.17) is 4.74 Å². The van der Waals surface area contributed by atoms with Gasteiger partial charge in [0.25, 0.3) is 6.23 Å². The molecule has 0 bridgehead atoms. The summed E-state index contributed by atoms with van der Waals surface area (Å²) in [6.45, 7) is 1.96. The van der Waals surface area contributed by atoms with Gasteiger partial charge < -0.3 is 9.94 Å². The first kappa shape index (κ1) is 19.3. The van der Waals surface area contributed by atoms with Crippen LogP contribution in [0.2, 0.25) is 0 Å². The number of aromatic nitrogens is 2. The van der Waals surface area contributed by atoms with Crippen molar-refractivity contribution in [2.75, 3.05) is 26.0 Å². The van der Waals surface area contributed by atoms with Gasteiger partial charge in [-0.25, -0.2) is 18.1 Å². The van der Waals surface area contributed by atoms with Crippen molar-refractivity contribution in [3.05, 3.63) is 27.6 Å². The van der Waals surface area contributed by atoms with Crippen molar-refractivity contribution in [1.29, 1.82) is 0 Å². The molecule has 3 rings (SSSR count). The minimum atomic E-state index is -3.56. The molecule has 0 spiro atoms. The summed E-state index contributed by atoms with van der Waals surface area (Å²) in [5, 5.41) is 22.6. The van der Waals surface area contributed by atoms with E-state index in [1.165, 1.54) is 11.3 Å². The zero-order valence-electron chi connectivity index (χ0n) is 14.2. The van der Waals surface area contributed by atoms with Crippen LogP contribution in [0.4, 0.5) is 5.13 Å². The summed E-state index contributed by atoms with van der Waals surface area (Å²) < 4.78 is 28.5. The van der Waals surface area contributed by atoms with Gasteiger partial charge in [-0.2, -0.15) is 0 Å². The minimum absolute atomic E-state index is 0.00908. The smallest absolute Gasteiger partial charge is 0.352 e. The van der Waals surface area contributed by atoms with Crippen molar-refractivity contribution >= 4 is 43.6 Å². The summed E-state index contributed by atoms with van der Waals surface area (Å²) in [7, 11) is -1.84. The third-order valence-corrected chi connectivity index (χ3v) is 8.06. The highest BCUT2D eigenvalue weighted by Crippen LogP contribution is 2.35. The minimum Gasteiger partial charge on any atom is -0.622 e. The fourth-order valence-corrected chi connectivity index (χ4v) is 5.74. The molecule has 0 amide bonds. The molecule has 2 aromatic heterocycles. The molecule has 12 heteroatoms. The van der Waals surface area contributed by atoms with E-state index < -0.39 is 26.7 Å². The Balaban J connectivity index is 1.86.